The van der Waals surface area contributed by atoms with Crippen molar-refractivity contribution in [1.29, 1.82) is 0 Å². The molecular weight excluding hydrogens is 210 g/mol. The lowest BCUT2D eigenvalue weighted by Gasteiger charge is -2.39. The highest BCUT2D eigenvalue weighted by Crippen LogP contribution is 2.31. The number of aliphatic hydroxyl groups is 1. The summed E-state index contributed by atoms with van der Waals surface area (Å²) >= 11 is 0. The molecule has 0 aromatic rings. The third-order valence-electron chi connectivity index (χ3n) is 4.70. The molecule has 2 aliphatic rings. The highest BCUT2D eigenvalue weighted by molar-refractivity contribution is 4.86. The van der Waals surface area contributed by atoms with E-state index in [1.54, 1.807) is 0 Å². The molecule has 98 valence electrons. The molecule has 0 amide bonds. The van der Waals surface area contributed by atoms with E-state index in [1.165, 1.54) is 32.2 Å². The molecule has 1 saturated heterocycles. The summed E-state index contributed by atoms with van der Waals surface area (Å²) in [6.45, 7) is 8.50. The standard InChI is InChI=1S/C15H27NO/c1-3-13-4-6-14(7-5-13)11-16-9-8-15(17)10-12(16)2/h3,12-15,17H,1,4-11H2,2H3. The second-order valence-corrected chi connectivity index (χ2v) is 6.04. The SMILES string of the molecule is C=CC1CCC(CN2CCC(O)CC2C)CC1. The van der Waals surface area contributed by atoms with Gasteiger partial charge >= 0.3 is 0 Å². The van der Waals surface area contributed by atoms with Gasteiger partial charge in [-0.1, -0.05) is 6.08 Å². The van der Waals surface area contributed by atoms with E-state index in [-0.39, 0.29) is 6.10 Å². The van der Waals surface area contributed by atoms with Crippen molar-refractivity contribution in [3.05, 3.63) is 12.7 Å². The Hall–Kier alpha value is -0.340. The van der Waals surface area contributed by atoms with Gasteiger partial charge in [0.2, 0.25) is 0 Å². The molecule has 1 aliphatic carbocycles. The number of allylic oxidation sites excluding steroid dienone is 1. The Labute approximate surface area is 106 Å². The maximum absolute atomic E-state index is 9.63. The van der Waals surface area contributed by atoms with Gasteiger partial charge in [0, 0.05) is 19.1 Å². The van der Waals surface area contributed by atoms with Gasteiger partial charge in [0.1, 0.15) is 0 Å². The molecule has 0 spiro atoms. The van der Waals surface area contributed by atoms with Crippen molar-refractivity contribution < 1.29 is 5.11 Å². The third kappa shape index (κ3) is 3.56. The molecule has 1 N–H and O–H groups in total. The summed E-state index contributed by atoms with van der Waals surface area (Å²) in [6.07, 6.45) is 9.39. The molecular formula is C15H27NO. The van der Waals surface area contributed by atoms with Crippen LogP contribution in [0.3, 0.4) is 0 Å². The van der Waals surface area contributed by atoms with Crippen molar-refractivity contribution >= 4 is 0 Å². The Balaban J connectivity index is 1.76. The molecule has 1 aliphatic heterocycles. The van der Waals surface area contributed by atoms with Gasteiger partial charge in [-0.25, -0.2) is 0 Å². The first-order valence-corrected chi connectivity index (χ1v) is 7.23. The van der Waals surface area contributed by atoms with Crippen molar-refractivity contribution in [2.75, 3.05) is 13.1 Å². The molecule has 2 rings (SSSR count). The van der Waals surface area contributed by atoms with Gasteiger partial charge in [-0.05, 0) is 57.3 Å². The molecule has 0 bridgehead atoms. The van der Waals surface area contributed by atoms with E-state index in [9.17, 15) is 5.11 Å². The van der Waals surface area contributed by atoms with Gasteiger partial charge in [-0.3, -0.25) is 0 Å². The highest BCUT2D eigenvalue weighted by atomic mass is 16.3. The molecule has 2 atom stereocenters. The van der Waals surface area contributed by atoms with E-state index in [0.717, 1.165) is 31.2 Å². The normalized spacial score (nSPS) is 40.1. The number of hydrogen-bond donors (Lipinski definition) is 1. The fourth-order valence-electron chi connectivity index (χ4n) is 3.41. The van der Waals surface area contributed by atoms with E-state index >= 15 is 0 Å². The lowest BCUT2D eigenvalue weighted by atomic mass is 9.81. The highest BCUT2D eigenvalue weighted by Gasteiger charge is 2.27. The number of nitrogens with zero attached hydrogens (tertiary/aromatic N) is 1. The first-order chi connectivity index (χ1) is 8.19. The summed E-state index contributed by atoms with van der Waals surface area (Å²) in [6, 6.07) is 0.566. The van der Waals surface area contributed by atoms with Crippen LogP contribution in [-0.2, 0) is 0 Å². The average Bonchev–Trinajstić information content (AvgIpc) is 2.34. The molecule has 2 unspecified atom stereocenters. The zero-order valence-electron chi connectivity index (χ0n) is 11.1. The molecule has 1 saturated carbocycles. The predicted octanol–water partition coefficient (Wildman–Crippen LogP) is 2.82. The number of rotatable bonds is 3. The molecule has 0 aromatic carbocycles. The van der Waals surface area contributed by atoms with Crippen LogP contribution in [-0.4, -0.2) is 35.2 Å². The summed E-state index contributed by atoms with van der Waals surface area (Å²) in [5.41, 5.74) is 0. The fraction of sp³-hybridized carbons (Fsp3) is 0.867. The van der Waals surface area contributed by atoms with Gasteiger partial charge in [0.05, 0.1) is 6.10 Å². The van der Waals surface area contributed by atoms with Gasteiger partial charge in [-0.2, -0.15) is 0 Å². The molecule has 2 fully saturated rings. The summed E-state index contributed by atoms with van der Waals surface area (Å²) in [5, 5.41) is 9.63. The van der Waals surface area contributed by atoms with E-state index in [1.807, 2.05) is 0 Å². The number of likely N-dealkylation sites (tertiary alicyclic amines) is 1. The number of hydrogen-bond acceptors (Lipinski definition) is 2. The van der Waals surface area contributed by atoms with E-state index in [2.05, 4.69) is 24.5 Å². The Morgan fingerprint density at radius 1 is 1.24 bits per heavy atom. The topological polar surface area (TPSA) is 23.5 Å². The summed E-state index contributed by atoms with van der Waals surface area (Å²) < 4.78 is 0. The van der Waals surface area contributed by atoms with E-state index in [0.29, 0.717) is 6.04 Å². The van der Waals surface area contributed by atoms with Crippen LogP contribution in [0.15, 0.2) is 12.7 Å². The Bertz CT molecular complexity index is 245. The summed E-state index contributed by atoms with van der Waals surface area (Å²) in [4.78, 5) is 2.59. The van der Waals surface area contributed by atoms with Crippen molar-refractivity contribution in [3.8, 4) is 0 Å². The minimum atomic E-state index is -0.0576. The monoisotopic (exact) mass is 237 g/mol. The second kappa shape index (κ2) is 6.01. The zero-order valence-corrected chi connectivity index (χ0v) is 11.1. The van der Waals surface area contributed by atoms with Crippen LogP contribution in [0.25, 0.3) is 0 Å². The van der Waals surface area contributed by atoms with Crippen LogP contribution >= 0.6 is 0 Å². The van der Waals surface area contributed by atoms with Crippen LogP contribution in [0, 0.1) is 11.8 Å². The van der Waals surface area contributed by atoms with Gasteiger partial charge < -0.3 is 10.0 Å². The number of piperidine rings is 1. The first kappa shape index (κ1) is 13.1. The molecule has 17 heavy (non-hydrogen) atoms. The zero-order chi connectivity index (χ0) is 12.3. The maximum atomic E-state index is 9.63. The van der Waals surface area contributed by atoms with Crippen LogP contribution < -0.4 is 0 Å². The predicted molar refractivity (Wildman–Crippen MR) is 71.9 cm³/mol. The minimum Gasteiger partial charge on any atom is -0.393 e. The summed E-state index contributed by atoms with van der Waals surface area (Å²) in [7, 11) is 0. The van der Waals surface area contributed by atoms with Crippen molar-refractivity contribution in [3.63, 3.8) is 0 Å². The minimum absolute atomic E-state index is 0.0576. The maximum Gasteiger partial charge on any atom is 0.0567 e. The lowest BCUT2D eigenvalue weighted by molar-refractivity contribution is 0.0355. The van der Waals surface area contributed by atoms with Crippen molar-refractivity contribution in [2.24, 2.45) is 11.8 Å². The first-order valence-electron chi connectivity index (χ1n) is 7.23. The largest absolute Gasteiger partial charge is 0.393 e. The molecule has 2 nitrogen and oxygen atoms in total. The number of aliphatic hydroxyl groups excluding tert-OH is 1. The third-order valence-corrected chi connectivity index (χ3v) is 4.70. The molecule has 2 heteroatoms. The fourth-order valence-corrected chi connectivity index (χ4v) is 3.41. The van der Waals surface area contributed by atoms with Gasteiger partial charge in [0.25, 0.3) is 0 Å². The Morgan fingerprint density at radius 3 is 2.53 bits per heavy atom. The van der Waals surface area contributed by atoms with Crippen LogP contribution in [0.5, 0.6) is 0 Å². The van der Waals surface area contributed by atoms with E-state index < -0.39 is 0 Å². The van der Waals surface area contributed by atoms with Gasteiger partial charge in [-0.15, -0.1) is 6.58 Å². The quantitative estimate of drug-likeness (QED) is 0.763. The van der Waals surface area contributed by atoms with Crippen LogP contribution in [0.2, 0.25) is 0 Å². The van der Waals surface area contributed by atoms with Crippen molar-refractivity contribution in [1.82, 2.24) is 4.90 Å². The lowest BCUT2D eigenvalue weighted by Crippen LogP contribution is -2.45. The van der Waals surface area contributed by atoms with Crippen LogP contribution in [0.1, 0.15) is 45.4 Å². The Morgan fingerprint density at radius 2 is 1.94 bits per heavy atom. The molecule has 0 radical (unpaired) electrons. The van der Waals surface area contributed by atoms with Crippen LogP contribution in [0.4, 0.5) is 0 Å². The molecule has 0 aromatic heterocycles. The van der Waals surface area contributed by atoms with Gasteiger partial charge in [0.15, 0.2) is 0 Å². The van der Waals surface area contributed by atoms with Crippen molar-refractivity contribution in [2.45, 2.75) is 57.6 Å². The smallest absolute Gasteiger partial charge is 0.0567 e. The Kier molecular flexibility index (Phi) is 4.63. The molecule has 1 heterocycles. The average molecular weight is 237 g/mol. The van der Waals surface area contributed by atoms with E-state index in [4.69, 9.17) is 0 Å². The second-order valence-electron chi connectivity index (χ2n) is 6.04. The summed E-state index contributed by atoms with van der Waals surface area (Å²) in [5.74, 6) is 1.65.